The molecule has 0 radical (unpaired) electrons. The van der Waals surface area contributed by atoms with E-state index in [9.17, 15) is 5.11 Å². The maximum Gasteiger partial charge on any atom is 0.134 e. The van der Waals surface area contributed by atoms with Gasteiger partial charge in [-0.15, -0.1) is 11.3 Å². The van der Waals surface area contributed by atoms with E-state index in [4.69, 9.17) is 23.2 Å². The smallest absolute Gasteiger partial charge is 0.134 e. The average Bonchev–Trinajstić information content (AvgIpc) is 2.85. The SMILES string of the molecule is Oc1ccc(NC2CCc3sc(Cl)cc32)cc1Cl. The number of hydrogen-bond donors (Lipinski definition) is 2. The first-order valence-electron chi connectivity index (χ1n) is 5.66. The van der Waals surface area contributed by atoms with Gasteiger partial charge in [-0.3, -0.25) is 0 Å². The van der Waals surface area contributed by atoms with Crippen molar-refractivity contribution in [3.63, 3.8) is 0 Å². The van der Waals surface area contributed by atoms with Gasteiger partial charge in [0.25, 0.3) is 0 Å². The molecule has 0 bridgehead atoms. The molecular weight excluding hydrogens is 289 g/mol. The second-order valence-electron chi connectivity index (χ2n) is 4.33. The Kier molecular flexibility index (Phi) is 3.14. The minimum absolute atomic E-state index is 0.105. The summed E-state index contributed by atoms with van der Waals surface area (Å²) in [7, 11) is 0. The van der Waals surface area contributed by atoms with E-state index in [1.165, 1.54) is 10.4 Å². The Balaban J connectivity index is 1.83. The molecule has 1 unspecified atom stereocenters. The summed E-state index contributed by atoms with van der Waals surface area (Å²) >= 11 is 13.6. The van der Waals surface area contributed by atoms with Crippen molar-refractivity contribution in [2.75, 3.05) is 5.32 Å². The van der Waals surface area contributed by atoms with Crippen LogP contribution in [0.5, 0.6) is 5.75 Å². The Morgan fingerprint density at radius 3 is 2.89 bits per heavy atom. The van der Waals surface area contributed by atoms with Gasteiger partial charge in [-0.2, -0.15) is 0 Å². The van der Waals surface area contributed by atoms with Crippen LogP contribution in [0.1, 0.15) is 22.9 Å². The summed E-state index contributed by atoms with van der Waals surface area (Å²) < 4.78 is 0.843. The van der Waals surface area contributed by atoms with Crippen LogP contribution >= 0.6 is 34.5 Å². The molecule has 0 saturated carbocycles. The van der Waals surface area contributed by atoms with Crippen LogP contribution in [-0.2, 0) is 6.42 Å². The van der Waals surface area contributed by atoms with Crippen LogP contribution in [0.3, 0.4) is 0 Å². The van der Waals surface area contributed by atoms with Crippen molar-refractivity contribution in [3.05, 3.63) is 44.1 Å². The third-order valence-corrected chi connectivity index (χ3v) is 4.78. The number of hydrogen-bond acceptors (Lipinski definition) is 3. The van der Waals surface area contributed by atoms with Gasteiger partial charge in [-0.25, -0.2) is 0 Å². The number of phenolic OH excluding ortho intramolecular Hbond substituents is 1. The van der Waals surface area contributed by atoms with E-state index < -0.39 is 0 Å². The van der Waals surface area contributed by atoms with Crippen molar-refractivity contribution >= 4 is 40.2 Å². The van der Waals surface area contributed by atoms with Crippen molar-refractivity contribution in [2.45, 2.75) is 18.9 Å². The number of fused-ring (bicyclic) bond motifs is 1. The second kappa shape index (κ2) is 4.65. The first kappa shape index (κ1) is 12.2. The van der Waals surface area contributed by atoms with Crippen LogP contribution in [0.25, 0.3) is 0 Å². The molecule has 94 valence electrons. The molecule has 1 atom stereocenters. The van der Waals surface area contributed by atoms with Gasteiger partial charge in [-0.1, -0.05) is 23.2 Å². The molecule has 0 amide bonds. The fraction of sp³-hybridized carbons (Fsp3) is 0.231. The van der Waals surface area contributed by atoms with Crippen LogP contribution in [0, 0.1) is 0 Å². The maximum atomic E-state index is 9.39. The lowest BCUT2D eigenvalue weighted by Crippen LogP contribution is -2.06. The van der Waals surface area contributed by atoms with Crippen molar-refractivity contribution < 1.29 is 5.11 Å². The largest absolute Gasteiger partial charge is 0.506 e. The zero-order chi connectivity index (χ0) is 12.7. The topological polar surface area (TPSA) is 32.3 Å². The third kappa shape index (κ3) is 2.18. The predicted octanol–water partition coefficient (Wildman–Crippen LogP) is 4.86. The molecule has 0 spiro atoms. The molecule has 1 aromatic heterocycles. The minimum Gasteiger partial charge on any atom is -0.506 e. The Bertz CT molecular complexity index is 597. The number of aromatic hydroxyl groups is 1. The predicted molar refractivity (Wildman–Crippen MR) is 77.1 cm³/mol. The van der Waals surface area contributed by atoms with E-state index in [-0.39, 0.29) is 11.8 Å². The van der Waals surface area contributed by atoms with Crippen LogP contribution < -0.4 is 5.32 Å². The molecule has 1 aromatic carbocycles. The maximum absolute atomic E-state index is 9.39. The fourth-order valence-corrected chi connectivity index (χ4v) is 3.82. The fourth-order valence-electron chi connectivity index (χ4n) is 2.28. The highest BCUT2D eigenvalue weighted by Gasteiger charge is 2.24. The number of halogens is 2. The van der Waals surface area contributed by atoms with Gasteiger partial charge in [0.05, 0.1) is 15.4 Å². The standard InChI is InChI=1S/C13H11Cl2NOS/c14-9-5-7(1-3-11(9)17)16-10-2-4-12-8(10)6-13(15)18-12/h1,3,5-6,10,16-17H,2,4H2. The molecular formula is C13H11Cl2NOS. The van der Waals surface area contributed by atoms with Crippen molar-refractivity contribution in [1.29, 1.82) is 0 Å². The summed E-state index contributed by atoms with van der Waals surface area (Å²) in [6.45, 7) is 0. The van der Waals surface area contributed by atoms with E-state index in [0.717, 1.165) is 22.9 Å². The zero-order valence-corrected chi connectivity index (χ0v) is 11.7. The zero-order valence-electron chi connectivity index (χ0n) is 9.41. The highest BCUT2D eigenvalue weighted by Crippen LogP contribution is 2.41. The molecule has 18 heavy (non-hydrogen) atoms. The van der Waals surface area contributed by atoms with Crippen molar-refractivity contribution in [2.24, 2.45) is 0 Å². The lowest BCUT2D eigenvalue weighted by Gasteiger charge is -2.15. The summed E-state index contributed by atoms with van der Waals surface area (Å²) in [6.07, 6.45) is 2.13. The average molecular weight is 300 g/mol. The number of benzene rings is 1. The number of aryl methyl sites for hydroxylation is 1. The van der Waals surface area contributed by atoms with Gasteiger partial charge in [0, 0.05) is 10.6 Å². The minimum atomic E-state index is 0.105. The highest BCUT2D eigenvalue weighted by molar-refractivity contribution is 7.16. The van der Waals surface area contributed by atoms with Crippen LogP contribution in [0.2, 0.25) is 9.36 Å². The number of rotatable bonds is 2. The Morgan fingerprint density at radius 2 is 2.11 bits per heavy atom. The molecule has 3 rings (SSSR count). The van der Waals surface area contributed by atoms with Crippen LogP contribution in [0.15, 0.2) is 24.3 Å². The molecule has 1 heterocycles. The van der Waals surface area contributed by atoms with Gasteiger partial charge in [0.15, 0.2) is 0 Å². The summed E-state index contributed by atoms with van der Waals surface area (Å²) in [5.41, 5.74) is 2.20. The number of thiophene rings is 1. The molecule has 2 nitrogen and oxygen atoms in total. The highest BCUT2D eigenvalue weighted by atomic mass is 35.5. The number of phenols is 1. The van der Waals surface area contributed by atoms with Crippen LogP contribution in [-0.4, -0.2) is 5.11 Å². The molecule has 0 fully saturated rings. The monoisotopic (exact) mass is 299 g/mol. The molecule has 2 N–H and O–H groups in total. The summed E-state index contributed by atoms with van der Waals surface area (Å²) in [5, 5.41) is 13.2. The van der Waals surface area contributed by atoms with Gasteiger partial charge >= 0.3 is 0 Å². The summed E-state index contributed by atoms with van der Waals surface area (Å²) in [4.78, 5) is 1.36. The van der Waals surface area contributed by atoms with E-state index in [0.29, 0.717) is 5.02 Å². The molecule has 0 aliphatic heterocycles. The van der Waals surface area contributed by atoms with Gasteiger partial charge in [-0.05, 0) is 42.7 Å². The summed E-state index contributed by atoms with van der Waals surface area (Å²) in [6, 6.07) is 7.48. The Labute approximate surface area is 119 Å². The van der Waals surface area contributed by atoms with Crippen molar-refractivity contribution in [3.8, 4) is 5.75 Å². The van der Waals surface area contributed by atoms with Gasteiger partial charge in [0.1, 0.15) is 5.75 Å². The van der Waals surface area contributed by atoms with E-state index in [1.54, 1.807) is 23.5 Å². The molecule has 0 saturated heterocycles. The molecule has 5 heteroatoms. The lowest BCUT2D eigenvalue weighted by atomic mass is 10.1. The lowest BCUT2D eigenvalue weighted by molar-refractivity contribution is 0.475. The normalized spacial score (nSPS) is 17.8. The van der Waals surface area contributed by atoms with Gasteiger partial charge in [0.2, 0.25) is 0 Å². The van der Waals surface area contributed by atoms with E-state index in [2.05, 4.69) is 5.32 Å². The third-order valence-electron chi connectivity index (χ3n) is 3.14. The summed E-state index contributed by atoms with van der Waals surface area (Å²) in [5.74, 6) is 0.105. The van der Waals surface area contributed by atoms with E-state index >= 15 is 0 Å². The number of nitrogens with one attached hydrogen (secondary N) is 1. The van der Waals surface area contributed by atoms with Crippen molar-refractivity contribution in [1.82, 2.24) is 0 Å². The Hall–Kier alpha value is -0.900. The quantitative estimate of drug-likeness (QED) is 0.776. The molecule has 1 aliphatic carbocycles. The number of anilines is 1. The van der Waals surface area contributed by atoms with E-state index in [1.807, 2.05) is 12.1 Å². The molecule has 2 aromatic rings. The van der Waals surface area contributed by atoms with Gasteiger partial charge < -0.3 is 10.4 Å². The first-order chi connectivity index (χ1) is 8.63. The first-order valence-corrected chi connectivity index (χ1v) is 7.24. The molecule has 1 aliphatic rings. The van der Waals surface area contributed by atoms with Crippen LogP contribution in [0.4, 0.5) is 5.69 Å². The second-order valence-corrected chi connectivity index (χ2v) is 6.51. The Morgan fingerprint density at radius 1 is 1.28 bits per heavy atom.